The van der Waals surface area contributed by atoms with Gasteiger partial charge < -0.3 is 20.5 Å². The number of morpholine rings is 1. The lowest BCUT2D eigenvalue weighted by Gasteiger charge is -2.26. The highest BCUT2D eigenvalue weighted by atomic mass is 32.2. The third kappa shape index (κ3) is 7.87. The maximum absolute atomic E-state index is 14.1. The number of halogens is 2. The Hall–Kier alpha value is -3.69. The summed E-state index contributed by atoms with van der Waals surface area (Å²) in [5.74, 6) is -3.63. The Bertz CT molecular complexity index is 1610. The Morgan fingerprint density at radius 1 is 1.05 bits per heavy atom. The molecule has 2 aliphatic heterocycles. The van der Waals surface area contributed by atoms with Crippen molar-refractivity contribution in [3.63, 3.8) is 0 Å². The van der Waals surface area contributed by atoms with E-state index >= 15 is 0 Å². The van der Waals surface area contributed by atoms with Crippen molar-refractivity contribution in [2.45, 2.75) is 6.42 Å². The van der Waals surface area contributed by atoms with Gasteiger partial charge in [-0.15, -0.1) is 11.3 Å². The predicted molar refractivity (Wildman–Crippen MR) is 172 cm³/mol. The first-order valence-electron chi connectivity index (χ1n) is 13.7. The molecule has 44 heavy (non-hydrogen) atoms. The van der Waals surface area contributed by atoms with E-state index in [4.69, 9.17) is 22.1 Å². The molecule has 0 saturated carbocycles. The average molecular weight is 659 g/mol. The zero-order valence-electron chi connectivity index (χ0n) is 23.3. The number of anilines is 2. The second-order valence-corrected chi connectivity index (χ2v) is 12.7. The van der Waals surface area contributed by atoms with E-state index in [9.17, 15) is 23.2 Å². The lowest BCUT2D eigenvalue weighted by molar-refractivity contribution is -0.122. The van der Waals surface area contributed by atoms with Crippen molar-refractivity contribution in [3.05, 3.63) is 75.5 Å². The number of thiophene rings is 1. The van der Waals surface area contributed by atoms with Crippen molar-refractivity contribution < 1.29 is 33.0 Å². The molecule has 2 fully saturated rings. The molecule has 3 N–H and O–H groups in total. The molecule has 2 aliphatic rings. The molecule has 0 unspecified atom stereocenters. The highest BCUT2D eigenvalue weighted by molar-refractivity contribution is 8.26. The third-order valence-corrected chi connectivity index (χ3v) is 9.34. The maximum Gasteiger partial charge on any atom is 0.335 e. The number of carbonyl (C=O) groups excluding carboxylic acids is 2. The number of carboxylic acids is 1. The van der Waals surface area contributed by atoms with E-state index in [-0.39, 0.29) is 30.3 Å². The summed E-state index contributed by atoms with van der Waals surface area (Å²) in [5.41, 5.74) is 1.73. The molecule has 14 heteroatoms. The summed E-state index contributed by atoms with van der Waals surface area (Å²) < 4.78 is 33.5. The Labute approximate surface area is 265 Å². The van der Waals surface area contributed by atoms with Crippen LogP contribution >= 0.6 is 35.3 Å². The van der Waals surface area contributed by atoms with Gasteiger partial charge in [-0.1, -0.05) is 30.0 Å². The largest absolute Gasteiger partial charge is 0.478 e. The van der Waals surface area contributed by atoms with Gasteiger partial charge in [-0.25, -0.2) is 13.6 Å². The van der Waals surface area contributed by atoms with Crippen LogP contribution in [-0.2, 0) is 14.3 Å². The molecule has 9 nitrogen and oxygen atoms in total. The second kappa shape index (κ2) is 14.4. The molecule has 0 radical (unpaired) electrons. The summed E-state index contributed by atoms with van der Waals surface area (Å²) in [7, 11) is 0. The predicted octanol–water partition coefficient (Wildman–Crippen LogP) is 5.37. The van der Waals surface area contributed by atoms with Gasteiger partial charge in [0.25, 0.3) is 5.91 Å². The van der Waals surface area contributed by atoms with Gasteiger partial charge in [0, 0.05) is 55.3 Å². The van der Waals surface area contributed by atoms with Gasteiger partial charge in [0.1, 0.15) is 4.32 Å². The van der Waals surface area contributed by atoms with Crippen molar-refractivity contribution in [1.29, 1.82) is 0 Å². The van der Waals surface area contributed by atoms with Crippen LogP contribution in [0.4, 0.5) is 19.5 Å². The molecule has 2 aromatic carbocycles. The molecular formula is C30H28F2N4O5S3. The van der Waals surface area contributed by atoms with E-state index in [0.717, 1.165) is 53.4 Å². The van der Waals surface area contributed by atoms with Crippen molar-refractivity contribution >= 4 is 74.2 Å². The van der Waals surface area contributed by atoms with E-state index in [1.54, 1.807) is 6.08 Å². The number of rotatable bonds is 11. The minimum atomic E-state index is -1.07. The lowest BCUT2D eigenvalue weighted by Crippen LogP contribution is -2.38. The zero-order chi connectivity index (χ0) is 31.2. The molecule has 0 bridgehead atoms. The number of benzene rings is 2. The number of nitrogens with zero attached hydrogens (tertiary/aromatic N) is 2. The number of nitrogens with one attached hydrogen (secondary N) is 2. The molecule has 0 spiro atoms. The van der Waals surface area contributed by atoms with Crippen LogP contribution in [0.5, 0.6) is 0 Å². The normalized spacial score (nSPS) is 16.5. The Morgan fingerprint density at radius 2 is 1.80 bits per heavy atom. The van der Waals surface area contributed by atoms with E-state index in [1.807, 2.05) is 6.07 Å². The summed E-state index contributed by atoms with van der Waals surface area (Å²) in [6.45, 7) is 4.55. The van der Waals surface area contributed by atoms with Gasteiger partial charge in [-0.3, -0.25) is 19.4 Å². The molecule has 1 aromatic heterocycles. The van der Waals surface area contributed by atoms with Gasteiger partial charge in [-0.05, 0) is 54.1 Å². The summed E-state index contributed by atoms with van der Waals surface area (Å²) in [6.07, 6.45) is 1.70. The molecule has 3 aromatic rings. The number of thioether (sulfide) groups is 1. The highest BCUT2D eigenvalue weighted by Gasteiger charge is 2.32. The highest BCUT2D eigenvalue weighted by Crippen LogP contribution is 2.40. The van der Waals surface area contributed by atoms with E-state index in [2.05, 4.69) is 15.5 Å². The van der Waals surface area contributed by atoms with Crippen LogP contribution in [0.1, 0.15) is 21.7 Å². The van der Waals surface area contributed by atoms with E-state index in [1.165, 1.54) is 46.6 Å². The van der Waals surface area contributed by atoms with Crippen LogP contribution < -0.4 is 10.6 Å². The number of ether oxygens (including phenoxy) is 1. The quantitative estimate of drug-likeness (QED) is 0.185. The molecule has 230 valence electrons. The average Bonchev–Trinajstić information content (AvgIpc) is 3.53. The number of carbonyl (C=O) groups is 3. The van der Waals surface area contributed by atoms with Crippen molar-refractivity contribution in [2.24, 2.45) is 0 Å². The first-order chi connectivity index (χ1) is 21.2. The number of thiocarbonyl (C=S) groups is 1. The molecule has 5 rings (SSSR count). The first-order valence-corrected chi connectivity index (χ1v) is 15.7. The lowest BCUT2D eigenvalue weighted by atomic mass is 10.1. The fraction of sp³-hybridized carbons (Fsp3) is 0.267. The minimum Gasteiger partial charge on any atom is -0.478 e. The van der Waals surface area contributed by atoms with Crippen molar-refractivity contribution in [2.75, 3.05) is 56.6 Å². The Morgan fingerprint density at radius 3 is 2.50 bits per heavy atom. The third-order valence-electron chi connectivity index (χ3n) is 6.92. The van der Waals surface area contributed by atoms with Crippen LogP contribution in [0.25, 0.3) is 17.2 Å². The molecule has 0 aliphatic carbocycles. The second-order valence-electron chi connectivity index (χ2n) is 9.92. The van der Waals surface area contributed by atoms with Crippen LogP contribution in [-0.4, -0.2) is 82.9 Å². The van der Waals surface area contributed by atoms with E-state index in [0.29, 0.717) is 45.8 Å². The van der Waals surface area contributed by atoms with Crippen molar-refractivity contribution in [3.8, 4) is 11.1 Å². The van der Waals surface area contributed by atoms with Crippen LogP contribution in [0, 0.1) is 11.6 Å². The van der Waals surface area contributed by atoms with Crippen LogP contribution in [0.2, 0.25) is 0 Å². The van der Waals surface area contributed by atoms with Gasteiger partial charge in [0.15, 0.2) is 11.6 Å². The minimum absolute atomic E-state index is 0.0170. The maximum atomic E-state index is 14.1. The van der Waals surface area contributed by atoms with Crippen LogP contribution in [0.15, 0.2) is 53.4 Å². The Kier molecular flexibility index (Phi) is 10.4. The summed E-state index contributed by atoms with van der Waals surface area (Å²) in [5, 5.41) is 15.9. The zero-order valence-corrected chi connectivity index (χ0v) is 25.8. The molecule has 0 atom stereocenters. The number of hydrogen-bond donors (Lipinski definition) is 3. The number of amides is 2. The fourth-order valence-electron chi connectivity index (χ4n) is 4.60. The number of aromatic carboxylic acids is 1. The molecular weight excluding hydrogens is 631 g/mol. The SMILES string of the molecule is O=C(CCN1C(=O)/C(=C/c2cc(-c3ccc(F)c(F)c3)c(NCCN3CCOCC3)s2)SC1=S)Nc1ccc(C(=O)O)cc1. The molecule has 2 amide bonds. The van der Waals surface area contributed by atoms with Crippen LogP contribution in [0.3, 0.4) is 0 Å². The standard InChI is InChI=1S/C30H28F2N4O5S3/c31-23-6-3-19(15-24(23)32)22-16-21(43-27(22)33-8-10-35-11-13-41-14-12-35)17-25-28(38)36(30(42)44-25)9-7-26(37)34-20-4-1-18(2-5-20)29(39)40/h1-6,15-17,33H,7-14H2,(H,34,37)(H,39,40)/b25-17-. The van der Waals surface area contributed by atoms with Crippen molar-refractivity contribution in [1.82, 2.24) is 9.80 Å². The summed E-state index contributed by atoms with van der Waals surface area (Å²) in [6, 6.07) is 11.3. The molecule has 3 heterocycles. The topological polar surface area (TPSA) is 111 Å². The number of carboxylic acid groups (broad SMARTS) is 1. The smallest absolute Gasteiger partial charge is 0.335 e. The van der Waals surface area contributed by atoms with E-state index < -0.39 is 17.6 Å². The van der Waals surface area contributed by atoms with Gasteiger partial charge in [-0.2, -0.15) is 0 Å². The molecule has 2 saturated heterocycles. The van der Waals surface area contributed by atoms with Gasteiger partial charge in [0.05, 0.1) is 28.7 Å². The van der Waals surface area contributed by atoms with Gasteiger partial charge >= 0.3 is 5.97 Å². The monoisotopic (exact) mass is 658 g/mol. The Balaban J connectivity index is 1.26. The summed E-state index contributed by atoms with van der Waals surface area (Å²) in [4.78, 5) is 41.5. The fourth-order valence-corrected chi connectivity index (χ4v) is 7.02. The summed E-state index contributed by atoms with van der Waals surface area (Å²) >= 11 is 7.94. The first kappa shape index (κ1) is 31.7. The van der Waals surface area contributed by atoms with Gasteiger partial charge in [0.2, 0.25) is 5.91 Å². The number of hydrogen-bond acceptors (Lipinski definition) is 9.